The second-order valence-corrected chi connectivity index (χ2v) is 6.84. The second-order valence-electron chi connectivity index (χ2n) is 6.84. The number of hydrogen-bond donors (Lipinski definition) is 0. The van der Waals surface area contributed by atoms with Gasteiger partial charge in [0.05, 0.1) is 5.69 Å². The van der Waals surface area contributed by atoms with Crippen LogP contribution < -0.4 is 0 Å². The van der Waals surface area contributed by atoms with Gasteiger partial charge in [-0.3, -0.25) is 4.79 Å². The van der Waals surface area contributed by atoms with Crippen LogP contribution in [0.4, 0.5) is 4.39 Å². The molecule has 5 nitrogen and oxygen atoms in total. The molecule has 1 aromatic heterocycles. The summed E-state index contributed by atoms with van der Waals surface area (Å²) in [6, 6.07) is 8.21. The highest BCUT2D eigenvalue weighted by Gasteiger charge is 2.31. The van der Waals surface area contributed by atoms with Gasteiger partial charge >= 0.3 is 0 Å². The third-order valence-electron chi connectivity index (χ3n) is 5.13. The fraction of sp³-hybridized carbons (Fsp3) is 0.474. The van der Waals surface area contributed by atoms with E-state index in [-0.39, 0.29) is 11.7 Å². The van der Waals surface area contributed by atoms with Crippen molar-refractivity contribution in [3.05, 3.63) is 47.5 Å². The SMILES string of the molecule is CCN1CCN(C(=O)c2cc(C3CC3)n(-c3ccc(F)cc3)n2)CC1. The van der Waals surface area contributed by atoms with Gasteiger partial charge in [-0.05, 0) is 49.7 Å². The molecule has 2 aliphatic rings. The Kier molecular flexibility index (Phi) is 4.29. The molecule has 0 spiro atoms. The third kappa shape index (κ3) is 3.31. The maximum Gasteiger partial charge on any atom is 0.274 e. The van der Waals surface area contributed by atoms with Crippen molar-refractivity contribution in [3.63, 3.8) is 0 Å². The summed E-state index contributed by atoms with van der Waals surface area (Å²) in [5.74, 6) is 0.184. The summed E-state index contributed by atoms with van der Waals surface area (Å²) in [6.45, 7) is 6.48. The molecule has 25 heavy (non-hydrogen) atoms. The number of carbonyl (C=O) groups is 1. The molecule has 132 valence electrons. The van der Waals surface area contributed by atoms with Gasteiger partial charge in [0.15, 0.2) is 5.69 Å². The fourth-order valence-corrected chi connectivity index (χ4v) is 3.39. The van der Waals surface area contributed by atoms with Gasteiger partial charge in [0.2, 0.25) is 0 Å². The molecule has 2 fully saturated rings. The van der Waals surface area contributed by atoms with Crippen molar-refractivity contribution in [2.75, 3.05) is 32.7 Å². The second kappa shape index (κ2) is 6.59. The van der Waals surface area contributed by atoms with E-state index in [4.69, 9.17) is 0 Å². The predicted octanol–water partition coefficient (Wildman–Crippen LogP) is 2.67. The standard InChI is InChI=1S/C19H23FN4O/c1-2-22-9-11-23(12-10-22)19(25)17-13-18(14-3-4-14)24(21-17)16-7-5-15(20)6-8-16/h5-8,13-14H,2-4,9-12H2,1H3. The van der Waals surface area contributed by atoms with Gasteiger partial charge in [0.25, 0.3) is 5.91 Å². The van der Waals surface area contributed by atoms with E-state index < -0.39 is 0 Å². The number of amides is 1. The van der Waals surface area contributed by atoms with Crippen LogP contribution in [-0.4, -0.2) is 58.2 Å². The molecule has 6 heteroatoms. The highest BCUT2D eigenvalue weighted by Crippen LogP contribution is 2.41. The van der Waals surface area contributed by atoms with Gasteiger partial charge in [-0.2, -0.15) is 5.10 Å². The summed E-state index contributed by atoms with van der Waals surface area (Å²) in [5.41, 5.74) is 2.36. The van der Waals surface area contributed by atoms with Crippen LogP contribution in [0, 0.1) is 5.82 Å². The molecule has 1 amide bonds. The van der Waals surface area contributed by atoms with Crippen LogP contribution in [-0.2, 0) is 0 Å². The quantitative estimate of drug-likeness (QED) is 0.858. The summed E-state index contributed by atoms with van der Waals surface area (Å²) in [4.78, 5) is 17.1. The Morgan fingerprint density at radius 1 is 1.16 bits per heavy atom. The summed E-state index contributed by atoms with van der Waals surface area (Å²) in [6.07, 6.45) is 2.24. The minimum Gasteiger partial charge on any atom is -0.335 e. The molecule has 1 aliphatic heterocycles. The molecule has 2 aromatic rings. The van der Waals surface area contributed by atoms with Gasteiger partial charge in [-0.25, -0.2) is 9.07 Å². The summed E-state index contributed by atoms with van der Waals surface area (Å²) in [7, 11) is 0. The number of aromatic nitrogens is 2. The maximum absolute atomic E-state index is 13.2. The molecule has 1 saturated heterocycles. The van der Waals surface area contributed by atoms with Gasteiger partial charge < -0.3 is 9.80 Å². The van der Waals surface area contributed by atoms with Crippen LogP contribution in [0.25, 0.3) is 5.69 Å². The molecular formula is C19H23FN4O. The first-order valence-corrected chi connectivity index (χ1v) is 9.03. The van der Waals surface area contributed by atoms with E-state index in [2.05, 4.69) is 16.9 Å². The van der Waals surface area contributed by atoms with Crippen molar-refractivity contribution in [1.29, 1.82) is 0 Å². The Hall–Kier alpha value is -2.21. The Bertz CT molecular complexity index is 758. The number of piperazine rings is 1. The molecule has 1 aromatic carbocycles. The first-order chi connectivity index (χ1) is 12.2. The number of likely N-dealkylation sites (N-methyl/N-ethyl adjacent to an activating group) is 1. The molecule has 0 N–H and O–H groups in total. The largest absolute Gasteiger partial charge is 0.335 e. The first-order valence-electron chi connectivity index (χ1n) is 9.03. The van der Waals surface area contributed by atoms with Crippen LogP contribution >= 0.6 is 0 Å². The summed E-state index contributed by atoms with van der Waals surface area (Å²) >= 11 is 0. The Morgan fingerprint density at radius 3 is 2.44 bits per heavy atom. The fourth-order valence-electron chi connectivity index (χ4n) is 3.39. The van der Waals surface area contributed by atoms with Crippen molar-refractivity contribution in [2.24, 2.45) is 0 Å². The molecule has 0 bridgehead atoms. The maximum atomic E-state index is 13.2. The zero-order chi connectivity index (χ0) is 17.4. The average Bonchev–Trinajstić information content (AvgIpc) is 3.40. The van der Waals surface area contributed by atoms with Gasteiger partial charge in [-0.1, -0.05) is 6.92 Å². The average molecular weight is 342 g/mol. The zero-order valence-corrected chi connectivity index (χ0v) is 14.5. The van der Waals surface area contributed by atoms with Crippen LogP contribution in [0.2, 0.25) is 0 Å². The summed E-state index contributed by atoms with van der Waals surface area (Å²) < 4.78 is 15.0. The highest BCUT2D eigenvalue weighted by molar-refractivity contribution is 5.92. The van der Waals surface area contributed by atoms with E-state index in [0.717, 1.165) is 56.9 Å². The van der Waals surface area contributed by atoms with E-state index in [1.807, 2.05) is 15.6 Å². The van der Waals surface area contributed by atoms with E-state index in [1.165, 1.54) is 12.1 Å². The zero-order valence-electron chi connectivity index (χ0n) is 14.5. The highest BCUT2D eigenvalue weighted by atomic mass is 19.1. The number of nitrogens with zero attached hydrogens (tertiary/aromatic N) is 4. The minimum atomic E-state index is -0.269. The number of halogens is 1. The molecule has 2 heterocycles. The van der Waals surface area contributed by atoms with Gasteiger partial charge in [-0.15, -0.1) is 0 Å². The normalized spacial score (nSPS) is 18.6. The van der Waals surface area contributed by atoms with E-state index in [1.54, 1.807) is 12.1 Å². The molecule has 1 aliphatic carbocycles. The molecule has 0 atom stereocenters. The Labute approximate surface area is 147 Å². The van der Waals surface area contributed by atoms with Gasteiger partial charge in [0.1, 0.15) is 5.82 Å². The predicted molar refractivity (Wildman–Crippen MR) is 93.5 cm³/mol. The lowest BCUT2D eigenvalue weighted by Gasteiger charge is -2.33. The topological polar surface area (TPSA) is 41.4 Å². The Morgan fingerprint density at radius 2 is 1.84 bits per heavy atom. The van der Waals surface area contributed by atoms with Crippen molar-refractivity contribution >= 4 is 5.91 Å². The third-order valence-corrected chi connectivity index (χ3v) is 5.13. The van der Waals surface area contributed by atoms with Crippen LogP contribution in [0.15, 0.2) is 30.3 Å². The lowest BCUT2D eigenvalue weighted by molar-refractivity contribution is 0.0637. The van der Waals surface area contributed by atoms with Crippen molar-refractivity contribution < 1.29 is 9.18 Å². The van der Waals surface area contributed by atoms with Crippen LogP contribution in [0.3, 0.4) is 0 Å². The van der Waals surface area contributed by atoms with Crippen molar-refractivity contribution in [3.8, 4) is 5.69 Å². The van der Waals surface area contributed by atoms with E-state index in [0.29, 0.717) is 11.6 Å². The molecular weight excluding hydrogens is 319 g/mol. The van der Waals surface area contributed by atoms with Crippen LogP contribution in [0.1, 0.15) is 41.9 Å². The monoisotopic (exact) mass is 342 g/mol. The number of carbonyl (C=O) groups excluding carboxylic acids is 1. The number of benzene rings is 1. The van der Waals surface area contributed by atoms with Crippen LogP contribution in [0.5, 0.6) is 0 Å². The smallest absolute Gasteiger partial charge is 0.274 e. The molecule has 0 unspecified atom stereocenters. The van der Waals surface area contributed by atoms with Gasteiger partial charge in [0, 0.05) is 37.8 Å². The molecule has 4 rings (SSSR count). The lowest BCUT2D eigenvalue weighted by atomic mass is 10.2. The first kappa shape index (κ1) is 16.3. The molecule has 1 saturated carbocycles. The van der Waals surface area contributed by atoms with E-state index >= 15 is 0 Å². The van der Waals surface area contributed by atoms with Crippen molar-refractivity contribution in [1.82, 2.24) is 19.6 Å². The number of rotatable bonds is 4. The Balaban J connectivity index is 1.59. The summed E-state index contributed by atoms with van der Waals surface area (Å²) in [5, 5.41) is 4.58. The molecule has 0 radical (unpaired) electrons. The van der Waals surface area contributed by atoms with Crippen molar-refractivity contribution in [2.45, 2.75) is 25.7 Å². The minimum absolute atomic E-state index is 0.00138. The lowest BCUT2D eigenvalue weighted by Crippen LogP contribution is -2.48. The number of hydrogen-bond acceptors (Lipinski definition) is 3. The van der Waals surface area contributed by atoms with E-state index in [9.17, 15) is 9.18 Å².